The lowest BCUT2D eigenvalue weighted by Gasteiger charge is -2.12. The van der Waals surface area contributed by atoms with Crippen molar-refractivity contribution in [3.05, 3.63) is 53.1 Å². The van der Waals surface area contributed by atoms with Gasteiger partial charge in [-0.15, -0.1) is 0 Å². The molecule has 6 N–H and O–H groups in total. The van der Waals surface area contributed by atoms with Crippen LogP contribution in [0.1, 0.15) is 16.7 Å². The minimum absolute atomic E-state index is 0.718. The third-order valence-electron chi connectivity index (χ3n) is 3.10. The molecule has 0 fully saturated rings. The normalized spacial score (nSPS) is 10.4. The van der Waals surface area contributed by atoms with E-state index in [-0.39, 0.29) is 0 Å². The molecule has 2 aromatic rings. The fraction of sp³-hybridized carbons (Fsp3) is 0.143. The predicted octanol–water partition coefficient (Wildman–Crippen LogP) is 2.33. The summed E-state index contributed by atoms with van der Waals surface area (Å²) in [5, 5.41) is 0. The van der Waals surface area contributed by atoms with Crippen LogP contribution < -0.4 is 17.2 Å². The van der Waals surface area contributed by atoms with E-state index in [1.54, 1.807) is 0 Å². The summed E-state index contributed by atoms with van der Waals surface area (Å²) in [5.74, 6) is 0. The fourth-order valence-electron chi connectivity index (χ4n) is 1.91. The van der Waals surface area contributed by atoms with Crippen LogP contribution in [0.3, 0.4) is 0 Å². The summed E-state index contributed by atoms with van der Waals surface area (Å²) in [4.78, 5) is 0. The topological polar surface area (TPSA) is 78.1 Å². The molecule has 0 radical (unpaired) electrons. The number of anilines is 3. The Morgan fingerprint density at radius 1 is 0.824 bits per heavy atom. The van der Waals surface area contributed by atoms with Gasteiger partial charge in [-0.1, -0.05) is 18.2 Å². The smallest absolute Gasteiger partial charge is 0.0370 e. The molecule has 0 amide bonds. The average Bonchev–Trinajstić information content (AvgIpc) is 2.29. The van der Waals surface area contributed by atoms with Crippen molar-refractivity contribution in [1.82, 2.24) is 0 Å². The highest BCUT2D eigenvalue weighted by Gasteiger charge is 2.07. The van der Waals surface area contributed by atoms with Gasteiger partial charge < -0.3 is 17.2 Å². The van der Waals surface area contributed by atoms with E-state index >= 15 is 0 Å². The second-order valence-electron chi connectivity index (χ2n) is 4.22. The quantitative estimate of drug-likeness (QED) is 0.689. The van der Waals surface area contributed by atoms with E-state index < -0.39 is 0 Å². The molecule has 0 spiro atoms. The molecule has 0 aromatic heterocycles. The highest BCUT2D eigenvalue weighted by Crippen LogP contribution is 2.25. The first kappa shape index (κ1) is 11.3. The van der Waals surface area contributed by atoms with Crippen molar-refractivity contribution in [3.63, 3.8) is 0 Å². The Labute approximate surface area is 101 Å². The van der Waals surface area contributed by atoms with Gasteiger partial charge in [-0.3, -0.25) is 0 Å². The molecule has 0 unspecified atom stereocenters. The van der Waals surface area contributed by atoms with Crippen molar-refractivity contribution < 1.29 is 0 Å². The first-order valence-electron chi connectivity index (χ1n) is 5.56. The lowest BCUT2D eigenvalue weighted by molar-refractivity contribution is 1.17. The summed E-state index contributed by atoms with van der Waals surface area (Å²) >= 11 is 0. The monoisotopic (exact) mass is 227 g/mol. The summed E-state index contributed by atoms with van der Waals surface area (Å²) in [6.07, 6.45) is 0.718. The summed E-state index contributed by atoms with van der Waals surface area (Å²) in [5.41, 5.74) is 23.3. The largest absolute Gasteiger partial charge is 0.399 e. The molecule has 0 atom stereocenters. The van der Waals surface area contributed by atoms with Gasteiger partial charge in [0.1, 0.15) is 0 Å². The molecular weight excluding hydrogens is 210 g/mol. The third-order valence-corrected chi connectivity index (χ3v) is 3.10. The molecule has 3 heteroatoms. The van der Waals surface area contributed by atoms with Crippen molar-refractivity contribution in [2.45, 2.75) is 13.3 Å². The maximum Gasteiger partial charge on any atom is 0.0370 e. The summed E-state index contributed by atoms with van der Waals surface area (Å²) in [7, 11) is 0. The van der Waals surface area contributed by atoms with Gasteiger partial charge >= 0.3 is 0 Å². The zero-order chi connectivity index (χ0) is 12.4. The molecule has 0 aliphatic heterocycles. The molecular formula is C14H17N3. The van der Waals surface area contributed by atoms with Gasteiger partial charge in [-0.05, 0) is 36.2 Å². The fourth-order valence-corrected chi connectivity index (χ4v) is 1.91. The SMILES string of the molecule is Cc1c(N)cccc1Cc1c(N)cccc1N. The van der Waals surface area contributed by atoms with E-state index in [0.29, 0.717) is 0 Å². The molecule has 2 aromatic carbocycles. The second-order valence-corrected chi connectivity index (χ2v) is 4.22. The van der Waals surface area contributed by atoms with Crippen molar-refractivity contribution in [1.29, 1.82) is 0 Å². The average molecular weight is 227 g/mol. The molecule has 0 saturated heterocycles. The Morgan fingerprint density at radius 3 is 2.00 bits per heavy atom. The lowest BCUT2D eigenvalue weighted by Crippen LogP contribution is -2.03. The zero-order valence-electron chi connectivity index (χ0n) is 9.90. The van der Waals surface area contributed by atoms with Crippen molar-refractivity contribution in [3.8, 4) is 0 Å². The maximum atomic E-state index is 5.95. The Hall–Kier alpha value is -2.16. The number of benzene rings is 2. The van der Waals surface area contributed by atoms with Gasteiger partial charge in [0.15, 0.2) is 0 Å². The molecule has 0 heterocycles. The Balaban J connectivity index is 2.42. The molecule has 2 rings (SSSR count). The number of rotatable bonds is 2. The van der Waals surface area contributed by atoms with E-state index in [4.69, 9.17) is 17.2 Å². The minimum atomic E-state index is 0.718. The van der Waals surface area contributed by atoms with Crippen LogP contribution in [-0.4, -0.2) is 0 Å². The molecule has 17 heavy (non-hydrogen) atoms. The second kappa shape index (κ2) is 4.37. The van der Waals surface area contributed by atoms with E-state index in [0.717, 1.165) is 40.2 Å². The van der Waals surface area contributed by atoms with Crippen LogP contribution in [0, 0.1) is 6.92 Å². The van der Waals surface area contributed by atoms with Crippen molar-refractivity contribution in [2.24, 2.45) is 0 Å². The van der Waals surface area contributed by atoms with E-state index in [9.17, 15) is 0 Å². The van der Waals surface area contributed by atoms with Crippen LogP contribution in [-0.2, 0) is 6.42 Å². The summed E-state index contributed by atoms with van der Waals surface area (Å²) in [6, 6.07) is 11.5. The predicted molar refractivity (Wildman–Crippen MR) is 73.7 cm³/mol. The first-order valence-corrected chi connectivity index (χ1v) is 5.56. The Kier molecular flexibility index (Phi) is 2.91. The van der Waals surface area contributed by atoms with Gasteiger partial charge in [0.05, 0.1) is 0 Å². The van der Waals surface area contributed by atoms with Gasteiger partial charge in [-0.25, -0.2) is 0 Å². The molecule has 88 valence electrons. The first-order chi connectivity index (χ1) is 8.09. The van der Waals surface area contributed by atoms with E-state index in [1.807, 2.05) is 37.3 Å². The van der Waals surface area contributed by atoms with Gasteiger partial charge in [0.25, 0.3) is 0 Å². The standard InChI is InChI=1S/C14H17N3/c1-9-10(4-2-5-12(9)15)8-11-13(16)6-3-7-14(11)17/h2-7H,8,15-17H2,1H3. The van der Waals surface area contributed by atoms with Crippen LogP contribution in [0.4, 0.5) is 17.1 Å². The minimum Gasteiger partial charge on any atom is -0.399 e. The molecule has 0 bridgehead atoms. The number of nitrogens with two attached hydrogens (primary N) is 3. The van der Waals surface area contributed by atoms with Crippen LogP contribution in [0.2, 0.25) is 0 Å². The van der Waals surface area contributed by atoms with Crippen LogP contribution in [0.15, 0.2) is 36.4 Å². The van der Waals surface area contributed by atoms with Gasteiger partial charge in [-0.2, -0.15) is 0 Å². The van der Waals surface area contributed by atoms with Crippen LogP contribution in [0.5, 0.6) is 0 Å². The van der Waals surface area contributed by atoms with E-state index in [1.165, 1.54) is 0 Å². The molecule has 3 nitrogen and oxygen atoms in total. The summed E-state index contributed by atoms with van der Waals surface area (Å²) < 4.78 is 0. The van der Waals surface area contributed by atoms with Crippen LogP contribution >= 0.6 is 0 Å². The summed E-state index contributed by atoms with van der Waals surface area (Å²) in [6.45, 7) is 2.01. The Morgan fingerprint density at radius 2 is 1.35 bits per heavy atom. The maximum absolute atomic E-state index is 5.95. The zero-order valence-corrected chi connectivity index (χ0v) is 9.90. The number of hydrogen-bond acceptors (Lipinski definition) is 3. The van der Waals surface area contributed by atoms with Crippen molar-refractivity contribution >= 4 is 17.1 Å². The molecule has 0 aliphatic carbocycles. The highest BCUT2D eigenvalue weighted by molar-refractivity contribution is 5.63. The highest BCUT2D eigenvalue weighted by atomic mass is 14.6. The molecule has 0 aliphatic rings. The number of nitrogen functional groups attached to an aromatic ring is 3. The third kappa shape index (κ3) is 2.18. The van der Waals surface area contributed by atoms with Gasteiger partial charge in [0.2, 0.25) is 0 Å². The lowest BCUT2D eigenvalue weighted by atomic mass is 9.97. The van der Waals surface area contributed by atoms with Crippen LogP contribution in [0.25, 0.3) is 0 Å². The number of hydrogen-bond donors (Lipinski definition) is 3. The molecule has 0 saturated carbocycles. The Bertz CT molecular complexity index is 527. The van der Waals surface area contributed by atoms with E-state index in [2.05, 4.69) is 6.07 Å². The van der Waals surface area contributed by atoms with Gasteiger partial charge in [0, 0.05) is 29.0 Å². The van der Waals surface area contributed by atoms with Crippen molar-refractivity contribution in [2.75, 3.05) is 17.2 Å².